The summed E-state index contributed by atoms with van der Waals surface area (Å²) in [6, 6.07) is 5.36. The number of hydrogen-bond acceptors (Lipinski definition) is 4. The predicted molar refractivity (Wildman–Crippen MR) is 104 cm³/mol. The second-order valence-corrected chi connectivity index (χ2v) is 7.20. The molecule has 0 N–H and O–H groups in total. The zero-order chi connectivity index (χ0) is 18.4. The number of thiazole rings is 1. The normalized spacial score (nSPS) is 12.6. The summed E-state index contributed by atoms with van der Waals surface area (Å²) in [5.74, 6) is 1.09. The van der Waals surface area contributed by atoms with Crippen LogP contribution in [-0.4, -0.2) is 24.6 Å². The molecule has 0 aliphatic rings. The third-order valence-corrected chi connectivity index (χ3v) is 5.24. The van der Waals surface area contributed by atoms with E-state index in [9.17, 15) is 0 Å². The van der Waals surface area contributed by atoms with Gasteiger partial charge in [0, 0.05) is 22.1 Å². The van der Waals surface area contributed by atoms with Gasteiger partial charge >= 0.3 is 0 Å². The van der Waals surface area contributed by atoms with Crippen LogP contribution < -0.4 is 9.54 Å². The van der Waals surface area contributed by atoms with Crippen LogP contribution >= 0.6 is 22.9 Å². The van der Waals surface area contributed by atoms with Crippen molar-refractivity contribution in [2.75, 3.05) is 14.2 Å². The molecule has 0 radical (unpaired) electrons. The number of aromatic nitrogens is 1. The summed E-state index contributed by atoms with van der Waals surface area (Å²) >= 11 is 7.80. The van der Waals surface area contributed by atoms with Gasteiger partial charge in [0.15, 0.2) is 4.80 Å². The molecule has 0 aliphatic carbocycles. The number of hydrogen-bond donors (Lipinski definition) is 0. The van der Waals surface area contributed by atoms with Crippen LogP contribution in [0.5, 0.6) is 5.75 Å². The quantitative estimate of drug-likeness (QED) is 0.419. The molecule has 0 aliphatic heterocycles. The van der Waals surface area contributed by atoms with Gasteiger partial charge < -0.3 is 14.1 Å². The molecule has 1 aromatic heterocycles. The predicted octanol–water partition coefficient (Wildman–Crippen LogP) is 4.54. The molecule has 1 heterocycles. The average Bonchev–Trinajstić information content (AvgIpc) is 2.86. The molecule has 0 bridgehead atoms. The van der Waals surface area contributed by atoms with E-state index in [4.69, 9.17) is 26.2 Å². The Morgan fingerprint density at radius 3 is 2.68 bits per heavy atom. The fourth-order valence-corrected chi connectivity index (χ4v) is 3.60. The molecule has 136 valence electrons. The van der Waals surface area contributed by atoms with Crippen LogP contribution in [0.1, 0.15) is 35.9 Å². The Balaban J connectivity index is 2.61. The van der Waals surface area contributed by atoms with E-state index < -0.39 is 0 Å². The number of benzene rings is 1. The maximum atomic E-state index is 6.15. The van der Waals surface area contributed by atoms with Crippen molar-refractivity contribution in [3.8, 4) is 5.75 Å². The van der Waals surface area contributed by atoms with Gasteiger partial charge in [0.25, 0.3) is 0 Å². The molecule has 0 saturated heterocycles. The maximum Gasteiger partial charge on any atom is 0.205 e. The zero-order valence-corrected chi connectivity index (χ0v) is 16.9. The molecule has 2 aromatic rings. The van der Waals surface area contributed by atoms with Gasteiger partial charge in [-0.05, 0) is 38.5 Å². The Morgan fingerprint density at radius 2 is 2.04 bits per heavy atom. The first-order chi connectivity index (χ1) is 12.0. The van der Waals surface area contributed by atoms with Gasteiger partial charge in [-0.1, -0.05) is 30.1 Å². The number of halogens is 1. The van der Waals surface area contributed by atoms with E-state index in [-0.39, 0.29) is 0 Å². The minimum Gasteiger partial charge on any atom is -0.496 e. The molecule has 0 spiro atoms. The minimum absolute atomic E-state index is 0.438. The van der Waals surface area contributed by atoms with E-state index >= 15 is 0 Å². The van der Waals surface area contributed by atoms with Gasteiger partial charge in [-0.25, -0.2) is 0 Å². The van der Waals surface area contributed by atoms with Crippen LogP contribution in [0, 0.1) is 13.8 Å². The van der Waals surface area contributed by atoms with E-state index in [1.165, 1.54) is 17.7 Å². The first-order valence-electron chi connectivity index (χ1n) is 8.18. The highest BCUT2D eigenvalue weighted by molar-refractivity contribution is 7.09. The lowest BCUT2D eigenvalue weighted by molar-refractivity contribution is 0.213. The minimum atomic E-state index is 0.438. The first kappa shape index (κ1) is 19.5. The third-order valence-electron chi connectivity index (χ3n) is 3.91. The number of methoxy groups -OCH3 is 1. The van der Waals surface area contributed by atoms with Crippen molar-refractivity contribution >= 4 is 28.8 Å². The molecular weight excluding hydrogens is 358 g/mol. The summed E-state index contributed by atoms with van der Waals surface area (Å²) in [6.07, 6.45) is 2.23. The van der Waals surface area contributed by atoms with E-state index in [0.717, 1.165) is 24.2 Å². The summed E-state index contributed by atoms with van der Waals surface area (Å²) in [4.78, 5) is 11.9. The fraction of sp³-hybridized carbons (Fsp3) is 0.444. The van der Waals surface area contributed by atoms with Crippen LogP contribution in [-0.2, 0) is 11.4 Å². The molecule has 0 saturated carbocycles. The molecule has 0 amide bonds. The number of aryl methyl sites for hydroxylation is 1. The molecule has 0 fully saturated rings. The van der Waals surface area contributed by atoms with Crippen molar-refractivity contribution < 1.29 is 9.57 Å². The standard InChI is InChI=1S/C18H24ClN3O2S/c1-6-7-10-22-12(2)13(3)25-18(22)20-17(21-24-5)15-11-14(19)8-9-16(15)23-4/h8-9,11H,6-7,10H2,1-5H3/b20-18?,21-17-. The van der Waals surface area contributed by atoms with Crippen molar-refractivity contribution in [2.24, 2.45) is 10.1 Å². The van der Waals surface area contributed by atoms with Gasteiger partial charge in [-0.3, -0.25) is 0 Å². The Kier molecular flexibility index (Phi) is 7.08. The monoisotopic (exact) mass is 381 g/mol. The van der Waals surface area contributed by atoms with E-state index in [2.05, 4.69) is 30.5 Å². The number of ether oxygens (including phenoxy) is 1. The van der Waals surface area contributed by atoms with Gasteiger partial charge in [0.1, 0.15) is 12.9 Å². The van der Waals surface area contributed by atoms with Crippen LogP contribution in [0.15, 0.2) is 28.3 Å². The second kappa shape index (κ2) is 9.06. The Bertz CT molecular complexity index is 824. The van der Waals surface area contributed by atoms with Gasteiger partial charge in [-0.2, -0.15) is 4.99 Å². The highest BCUT2D eigenvalue weighted by Crippen LogP contribution is 2.24. The first-order valence-corrected chi connectivity index (χ1v) is 9.37. The fourth-order valence-electron chi connectivity index (χ4n) is 2.42. The molecule has 1 aromatic carbocycles. The largest absolute Gasteiger partial charge is 0.496 e. The summed E-state index contributed by atoms with van der Waals surface area (Å²) in [5.41, 5.74) is 1.93. The third kappa shape index (κ3) is 4.64. The summed E-state index contributed by atoms with van der Waals surface area (Å²) < 4.78 is 7.66. The SMILES string of the molecule is CCCCn1c(C)c(C)sc1=N/C(=N\OC)c1cc(Cl)ccc1OC. The zero-order valence-electron chi connectivity index (χ0n) is 15.3. The smallest absolute Gasteiger partial charge is 0.205 e. The van der Waals surface area contributed by atoms with Crippen molar-refractivity contribution in [3.63, 3.8) is 0 Å². The Hall–Kier alpha value is -1.79. The second-order valence-electron chi connectivity index (χ2n) is 5.59. The van der Waals surface area contributed by atoms with E-state index in [0.29, 0.717) is 22.2 Å². The summed E-state index contributed by atoms with van der Waals surface area (Å²) in [6.45, 7) is 7.33. The molecule has 0 unspecified atom stereocenters. The number of unbranched alkanes of at least 4 members (excludes halogenated alkanes) is 1. The lowest BCUT2D eigenvalue weighted by Gasteiger charge is -2.09. The average molecular weight is 382 g/mol. The van der Waals surface area contributed by atoms with E-state index in [1.807, 2.05) is 0 Å². The van der Waals surface area contributed by atoms with Crippen LogP contribution in [0.4, 0.5) is 0 Å². The molecule has 2 rings (SSSR count). The lowest BCUT2D eigenvalue weighted by Crippen LogP contribution is -2.19. The van der Waals surface area contributed by atoms with Gasteiger partial charge in [0.05, 0.1) is 12.7 Å². The van der Waals surface area contributed by atoms with Crippen molar-refractivity contribution in [1.29, 1.82) is 0 Å². The van der Waals surface area contributed by atoms with Crippen LogP contribution in [0.2, 0.25) is 5.02 Å². The molecule has 7 heteroatoms. The molecule has 25 heavy (non-hydrogen) atoms. The van der Waals surface area contributed by atoms with Gasteiger partial charge in [0.2, 0.25) is 5.84 Å². The number of amidine groups is 1. The van der Waals surface area contributed by atoms with Gasteiger partial charge in [-0.15, -0.1) is 11.3 Å². The number of rotatable bonds is 6. The van der Waals surface area contributed by atoms with Crippen molar-refractivity contribution in [1.82, 2.24) is 4.57 Å². The molecule has 5 nitrogen and oxygen atoms in total. The van der Waals surface area contributed by atoms with Crippen LogP contribution in [0.25, 0.3) is 0 Å². The van der Waals surface area contributed by atoms with Crippen LogP contribution in [0.3, 0.4) is 0 Å². The van der Waals surface area contributed by atoms with Crippen molar-refractivity contribution in [2.45, 2.75) is 40.2 Å². The molecular formula is C18H24ClN3O2S. The number of oxime groups is 1. The highest BCUT2D eigenvalue weighted by Gasteiger charge is 2.13. The molecule has 0 atom stereocenters. The highest BCUT2D eigenvalue weighted by atomic mass is 35.5. The topological polar surface area (TPSA) is 48.1 Å². The Labute approximate surface area is 157 Å². The van der Waals surface area contributed by atoms with Crippen molar-refractivity contribution in [3.05, 3.63) is 44.2 Å². The lowest BCUT2D eigenvalue weighted by atomic mass is 10.2. The van der Waals surface area contributed by atoms with E-state index in [1.54, 1.807) is 36.6 Å². The number of nitrogens with zero attached hydrogens (tertiary/aromatic N) is 3. The maximum absolute atomic E-state index is 6.15. The summed E-state index contributed by atoms with van der Waals surface area (Å²) in [7, 11) is 3.11. The summed E-state index contributed by atoms with van der Waals surface area (Å²) in [5, 5.41) is 4.69. The Morgan fingerprint density at radius 1 is 1.28 bits per heavy atom.